The summed E-state index contributed by atoms with van der Waals surface area (Å²) in [5.41, 5.74) is 8.99. The summed E-state index contributed by atoms with van der Waals surface area (Å²) in [5, 5.41) is 7.16. The first-order chi connectivity index (χ1) is 9.02. The van der Waals surface area contributed by atoms with Crippen LogP contribution in [-0.2, 0) is 6.42 Å². The van der Waals surface area contributed by atoms with Gasteiger partial charge in [0.25, 0.3) is 0 Å². The maximum absolute atomic E-state index is 5.96. The number of aromatic nitrogens is 2. The van der Waals surface area contributed by atoms with Crippen LogP contribution in [0.15, 0.2) is 22.7 Å². The van der Waals surface area contributed by atoms with E-state index >= 15 is 0 Å². The summed E-state index contributed by atoms with van der Waals surface area (Å²) < 4.78 is 6.26. The van der Waals surface area contributed by atoms with E-state index < -0.39 is 0 Å². The molecule has 0 unspecified atom stereocenters. The van der Waals surface area contributed by atoms with E-state index in [2.05, 4.69) is 40.0 Å². The lowest BCUT2D eigenvalue weighted by atomic mass is 9.99. The first kappa shape index (κ1) is 13.9. The number of nitrogens with one attached hydrogen (secondary N) is 1. The Labute approximate surface area is 121 Å². The van der Waals surface area contributed by atoms with E-state index in [0.717, 1.165) is 33.5 Å². The van der Waals surface area contributed by atoms with E-state index in [1.54, 1.807) is 7.11 Å². The number of ether oxygens (including phenoxy) is 1. The monoisotopic (exact) mass is 323 g/mol. The summed E-state index contributed by atoms with van der Waals surface area (Å²) in [4.78, 5) is 0. The van der Waals surface area contributed by atoms with E-state index in [1.807, 2.05) is 18.2 Å². The molecular formula is C14H18BrN3O. The molecule has 4 nitrogen and oxygen atoms in total. The second kappa shape index (κ2) is 5.65. The molecule has 2 aromatic rings. The molecule has 0 aliphatic heterocycles. The number of benzene rings is 1. The number of rotatable bonds is 4. The number of aromatic amines is 1. The number of anilines is 1. The van der Waals surface area contributed by atoms with Crippen molar-refractivity contribution in [1.29, 1.82) is 0 Å². The number of halogens is 1. The quantitative estimate of drug-likeness (QED) is 0.903. The van der Waals surface area contributed by atoms with Crippen molar-refractivity contribution in [2.45, 2.75) is 20.3 Å². The maximum Gasteiger partial charge on any atom is 0.149 e. The summed E-state index contributed by atoms with van der Waals surface area (Å²) in [7, 11) is 1.66. The zero-order valence-electron chi connectivity index (χ0n) is 11.3. The van der Waals surface area contributed by atoms with Crippen molar-refractivity contribution in [2.24, 2.45) is 5.92 Å². The molecule has 0 saturated carbocycles. The first-order valence-electron chi connectivity index (χ1n) is 6.19. The second-order valence-corrected chi connectivity index (χ2v) is 5.76. The van der Waals surface area contributed by atoms with Crippen molar-refractivity contribution in [3.8, 4) is 17.0 Å². The molecule has 19 heavy (non-hydrogen) atoms. The van der Waals surface area contributed by atoms with Crippen molar-refractivity contribution in [2.75, 3.05) is 12.8 Å². The third kappa shape index (κ3) is 2.92. The molecule has 102 valence electrons. The van der Waals surface area contributed by atoms with Crippen molar-refractivity contribution < 1.29 is 4.74 Å². The average Bonchev–Trinajstić information content (AvgIpc) is 2.71. The van der Waals surface area contributed by atoms with Crippen LogP contribution in [0, 0.1) is 5.92 Å². The second-order valence-electron chi connectivity index (χ2n) is 4.91. The molecule has 0 aliphatic carbocycles. The molecule has 0 atom stereocenters. The molecule has 5 heteroatoms. The van der Waals surface area contributed by atoms with Crippen LogP contribution in [0.4, 0.5) is 5.82 Å². The molecule has 3 N–H and O–H groups in total. The smallest absolute Gasteiger partial charge is 0.149 e. The highest BCUT2D eigenvalue weighted by Crippen LogP contribution is 2.35. The fourth-order valence-corrected chi connectivity index (χ4v) is 2.48. The van der Waals surface area contributed by atoms with Gasteiger partial charge in [-0.05, 0) is 30.5 Å². The predicted octanol–water partition coefficient (Wildman–Crippen LogP) is 3.63. The minimum absolute atomic E-state index is 0.517. The van der Waals surface area contributed by atoms with Gasteiger partial charge in [0, 0.05) is 15.6 Å². The van der Waals surface area contributed by atoms with E-state index in [-0.39, 0.29) is 0 Å². The predicted molar refractivity (Wildman–Crippen MR) is 81.2 cm³/mol. The molecular weight excluding hydrogens is 306 g/mol. The van der Waals surface area contributed by atoms with Gasteiger partial charge in [0.05, 0.1) is 12.8 Å². The van der Waals surface area contributed by atoms with Gasteiger partial charge in [0.1, 0.15) is 11.6 Å². The molecule has 0 amide bonds. The Morgan fingerprint density at radius 3 is 2.79 bits per heavy atom. The molecule has 0 aliphatic rings. The zero-order valence-corrected chi connectivity index (χ0v) is 12.9. The van der Waals surface area contributed by atoms with Crippen LogP contribution in [0.2, 0.25) is 0 Å². The Hall–Kier alpha value is -1.49. The molecule has 1 aromatic carbocycles. The normalized spacial score (nSPS) is 11.0. The number of nitrogens with zero attached hydrogens (tertiary/aromatic N) is 1. The number of H-pyrrole nitrogens is 1. The van der Waals surface area contributed by atoms with Gasteiger partial charge in [-0.25, -0.2) is 0 Å². The molecule has 0 saturated heterocycles. The summed E-state index contributed by atoms with van der Waals surface area (Å²) in [6.07, 6.45) is 0.890. The van der Waals surface area contributed by atoms with Crippen molar-refractivity contribution in [1.82, 2.24) is 10.2 Å². The number of nitrogen functional groups attached to an aromatic ring is 1. The van der Waals surface area contributed by atoms with Crippen LogP contribution < -0.4 is 10.5 Å². The van der Waals surface area contributed by atoms with E-state index in [9.17, 15) is 0 Å². The third-order valence-electron chi connectivity index (χ3n) is 2.95. The van der Waals surface area contributed by atoms with Crippen molar-refractivity contribution in [3.05, 3.63) is 28.2 Å². The number of hydrogen-bond acceptors (Lipinski definition) is 3. The van der Waals surface area contributed by atoms with Gasteiger partial charge in [-0.3, -0.25) is 5.10 Å². The van der Waals surface area contributed by atoms with Gasteiger partial charge >= 0.3 is 0 Å². The number of methoxy groups -OCH3 is 1. The number of hydrogen-bond donors (Lipinski definition) is 2. The topological polar surface area (TPSA) is 63.9 Å². The Morgan fingerprint density at radius 1 is 1.42 bits per heavy atom. The fourth-order valence-electron chi connectivity index (χ4n) is 2.04. The SMILES string of the molecule is COc1ccc(Br)c(-c2[nH]nc(N)c2CC(C)C)c1. The molecule has 0 spiro atoms. The van der Waals surface area contributed by atoms with Crippen LogP contribution in [0.25, 0.3) is 11.3 Å². The zero-order chi connectivity index (χ0) is 14.0. The van der Waals surface area contributed by atoms with Crippen molar-refractivity contribution in [3.63, 3.8) is 0 Å². The molecule has 1 aromatic heterocycles. The summed E-state index contributed by atoms with van der Waals surface area (Å²) in [5.74, 6) is 1.89. The molecule has 1 heterocycles. The third-order valence-corrected chi connectivity index (χ3v) is 3.65. The highest BCUT2D eigenvalue weighted by atomic mass is 79.9. The van der Waals surface area contributed by atoms with Gasteiger partial charge < -0.3 is 10.5 Å². The van der Waals surface area contributed by atoms with Crippen LogP contribution in [0.5, 0.6) is 5.75 Å². The molecule has 2 rings (SSSR count). The largest absolute Gasteiger partial charge is 0.497 e. The minimum Gasteiger partial charge on any atom is -0.497 e. The van der Waals surface area contributed by atoms with Crippen molar-refractivity contribution >= 4 is 21.7 Å². The minimum atomic E-state index is 0.517. The van der Waals surface area contributed by atoms with E-state index in [1.165, 1.54) is 0 Å². The summed E-state index contributed by atoms with van der Waals surface area (Å²) in [6.45, 7) is 4.33. The van der Waals surface area contributed by atoms with Gasteiger partial charge in [0.15, 0.2) is 0 Å². The molecule has 0 bridgehead atoms. The van der Waals surface area contributed by atoms with Crippen LogP contribution in [-0.4, -0.2) is 17.3 Å². The van der Waals surface area contributed by atoms with E-state index in [4.69, 9.17) is 10.5 Å². The average molecular weight is 324 g/mol. The fraction of sp³-hybridized carbons (Fsp3) is 0.357. The molecule has 0 radical (unpaired) electrons. The Balaban J connectivity index is 2.52. The lowest BCUT2D eigenvalue weighted by Gasteiger charge is -2.10. The van der Waals surface area contributed by atoms with Gasteiger partial charge in [-0.15, -0.1) is 0 Å². The van der Waals surface area contributed by atoms with Gasteiger partial charge in [0.2, 0.25) is 0 Å². The number of nitrogens with two attached hydrogens (primary N) is 1. The van der Waals surface area contributed by atoms with Gasteiger partial charge in [-0.1, -0.05) is 29.8 Å². The van der Waals surface area contributed by atoms with Crippen LogP contribution >= 0.6 is 15.9 Å². The highest BCUT2D eigenvalue weighted by Gasteiger charge is 2.16. The highest BCUT2D eigenvalue weighted by molar-refractivity contribution is 9.10. The maximum atomic E-state index is 5.96. The summed E-state index contributed by atoms with van der Waals surface area (Å²) >= 11 is 3.56. The Morgan fingerprint density at radius 2 is 2.16 bits per heavy atom. The standard InChI is InChI=1S/C14H18BrN3O/c1-8(2)6-11-13(17-18-14(11)16)10-7-9(19-3)4-5-12(10)15/h4-5,7-8H,6H2,1-3H3,(H3,16,17,18). The van der Waals surface area contributed by atoms with Crippen LogP contribution in [0.3, 0.4) is 0 Å². The van der Waals surface area contributed by atoms with Gasteiger partial charge in [-0.2, -0.15) is 5.10 Å². The first-order valence-corrected chi connectivity index (χ1v) is 6.98. The Bertz CT molecular complexity index is 578. The lowest BCUT2D eigenvalue weighted by molar-refractivity contribution is 0.415. The lowest BCUT2D eigenvalue weighted by Crippen LogP contribution is -1.99. The summed E-state index contributed by atoms with van der Waals surface area (Å²) in [6, 6.07) is 5.85. The Kier molecular flexibility index (Phi) is 4.14. The van der Waals surface area contributed by atoms with E-state index in [0.29, 0.717) is 11.7 Å². The van der Waals surface area contributed by atoms with Crippen LogP contribution in [0.1, 0.15) is 19.4 Å². The molecule has 0 fully saturated rings.